The smallest absolute Gasteiger partial charge is 0.306 e. The van der Waals surface area contributed by atoms with Gasteiger partial charge in [-0.3, -0.25) is 9.59 Å². The second-order valence-electron chi connectivity index (χ2n) is 6.47. The molecule has 0 bridgehead atoms. The van der Waals surface area contributed by atoms with E-state index in [-0.39, 0.29) is 36.6 Å². The molecule has 0 unspecified atom stereocenters. The van der Waals surface area contributed by atoms with Crippen molar-refractivity contribution in [2.45, 2.75) is 53.1 Å². The van der Waals surface area contributed by atoms with E-state index in [0.717, 1.165) is 0 Å². The average Bonchev–Trinajstić information content (AvgIpc) is 2.32. The molecule has 0 spiro atoms. The Morgan fingerprint density at radius 2 is 1.76 bits per heavy atom. The van der Waals surface area contributed by atoms with Gasteiger partial charge in [-0.15, -0.1) is 0 Å². The van der Waals surface area contributed by atoms with Crippen molar-refractivity contribution in [3.63, 3.8) is 0 Å². The summed E-state index contributed by atoms with van der Waals surface area (Å²) in [4.78, 5) is 23.8. The van der Waals surface area contributed by atoms with E-state index in [1.807, 2.05) is 34.6 Å². The summed E-state index contributed by atoms with van der Waals surface area (Å²) in [6.07, 6.45) is 0.605. The Balaban J connectivity index is 4.40. The molecule has 0 aromatic heterocycles. The van der Waals surface area contributed by atoms with Crippen molar-refractivity contribution in [2.75, 3.05) is 13.6 Å². The van der Waals surface area contributed by atoms with Gasteiger partial charge in [-0.25, -0.2) is 0 Å². The number of thiocarbonyl (C=S) groups is 1. The second kappa shape index (κ2) is 8.97. The van der Waals surface area contributed by atoms with Gasteiger partial charge in [0.2, 0.25) is 0 Å². The summed E-state index contributed by atoms with van der Waals surface area (Å²) in [6.45, 7) is 9.70. The van der Waals surface area contributed by atoms with Crippen molar-refractivity contribution in [3.8, 4) is 0 Å². The van der Waals surface area contributed by atoms with E-state index < -0.39 is 5.60 Å². The van der Waals surface area contributed by atoms with Crippen molar-refractivity contribution >= 4 is 29.1 Å². The molecule has 0 saturated carbocycles. The van der Waals surface area contributed by atoms with Crippen LogP contribution in [0.15, 0.2) is 0 Å². The fourth-order valence-electron chi connectivity index (χ4n) is 1.77. The molecule has 0 amide bonds. The first-order valence-corrected chi connectivity index (χ1v) is 7.65. The molecule has 1 atom stereocenters. The molecule has 0 heterocycles. The van der Waals surface area contributed by atoms with Crippen LogP contribution in [0.3, 0.4) is 0 Å². The maximum absolute atomic E-state index is 11.9. The molecule has 0 rings (SSSR count). The number of rotatable bonds is 7. The van der Waals surface area contributed by atoms with Gasteiger partial charge in [-0.1, -0.05) is 13.8 Å². The highest BCUT2D eigenvalue weighted by molar-refractivity contribution is 7.80. The van der Waals surface area contributed by atoms with Gasteiger partial charge in [0.1, 0.15) is 5.60 Å². The summed E-state index contributed by atoms with van der Waals surface area (Å²) >= 11 is 4.92. The highest BCUT2D eigenvalue weighted by Crippen LogP contribution is 2.21. The lowest BCUT2D eigenvalue weighted by Crippen LogP contribution is -2.37. The summed E-state index contributed by atoms with van der Waals surface area (Å²) in [5.74, 6) is -0.00223. The summed E-state index contributed by atoms with van der Waals surface area (Å²) in [5.41, 5.74) is -0.497. The van der Waals surface area contributed by atoms with E-state index >= 15 is 0 Å². The van der Waals surface area contributed by atoms with Crippen LogP contribution in [-0.2, 0) is 14.3 Å². The molecule has 0 aliphatic rings. The van der Waals surface area contributed by atoms with Crippen LogP contribution in [0.1, 0.15) is 47.5 Å². The van der Waals surface area contributed by atoms with Crippen LogP contribution >= 0.6 is 12.2 Å². The van der Waals surface area contributed by atoms with Crippen LogP contribution in [0.2, 0.25) is 0 Å². The highest BCUT2D eigenvalue weighted by atomic mass is 32.1. The molecule has 2 N–H and O–H groups in total. The van der Waals surface area contributed by atoms with Crippen molar-refractivity contribution < 1.29 is 14.3 Å². The first kappa shape index (κ1) is 19.8. The Hall–Kier alpha value is -1.17. The van der Waals surface area contributed by atoms with Crippen molar-refractivity contribution in [2.24, 2.45) is 11.8 Å². The van der Waals surface area contributed by atoms with Crippen LogP contribution in [-0.4, -0.2) is 36.1 Å². The first-order chi connectivity index (χ1) is 9.55. The third kappa shape index (κ3) is 10.2. The third-order valence-corrected chi connectivity index (χ3v) is 3.30. The lowest BCUT2D eigenvalue weighted by molar-refractivity contribution is -0.156. The van der Waals surface area contributed by atoms with Crippen LogP contribution in [0.4, 0.5) is 0 Å². The number of hydrogen-bond donors (Lipinski definition) is 2. The summed E-state index contributed by atoms with van der Waals surface area (Å²) in [6, 6.07) is 0. The normalized spacial score (nSPS) is 12.7. The molecule has 0 saturated heterocycles. The summed E-state index contributed by atoms with van der Waals surface area (Å²) in [7, 11) is 1.69. The van der Waals surface area contributed by atoms with Gasteiger partial charge in [0.05, 0.1) is 6.54 Å². The van der Waals surface area contributed by atoms with Gasteiger partial charge in [0.25, 0.3) is 0 Å². The van der Waals surface area contributed by atoms with Crippen molar-refractivity contribution in [1.82, 2.24) is 10.6 Å². The summed E-state index contributed by atoms with van der Waals surface area (Å²) in [5, 5.41) is 6.01. The molecule has 0 radical (unpaired) electrons. The number of carbonyl (C=O) groups is 2. The molecule has 122 valence electrons. The standard InChI is InChI=1S/C15H28N2O3S/c1-10(2)11(8-13(19)20-15(3,4)5)7-12(18)9-17-14(21)16-6/h10-11H,7-9H2,1-6H3,(H2,16,17,21)/t11-/m1/s1. The number of ketones is 1. The zero-order valence-corrected chi connectivity index (χ0v) is 14.7. The molecule has 6 heteroatoms. The van der Waals surface area contributed by atoms with Gasteiger partial charge >= 0.3 is 5.97 Å². The highest BCUT2D eigenvalue weighted by Gasteiger charge is 2.24. The van der Waals surface area contributed by atoms with Crippen molar-refractivity contribution in [1.29, 1.82) is 0 Å². The number of carbonyl (C=O) groups excluding carboxylic acids is 2. The van der Waals surface area contributed by atoms with E-state index in [1.54, 1.807) is 7.05 Å². The minimum absolute atomic E-state index is 0.0164. The Labute approximate surface area is 133 Å². The predicted molar refractivity (Wildman–Crippen MR) is 88.1 cm³/mol. The summed E-state index contributed by atoms with van der Waals surface area (Å²) < 4.78 is 5.32. The number of ether oxygens (including phenoxy) is 1. The monoisotopic (exact) mass is 316 g/mol. The maximum Gasteiger partial charge on any atom is 0.306 e. The number of esters is 1. The van der Waals surface area contributed by atoms with E-state index in [1.165, 1.54) is 0 Å². The van der Waals surface area contributed by atoms with E-state index in [4.69, 9.17) is 17.0 Å². The molecule has 0 aromatic rings. The number of Topliss-reactive ketones (excluding diaryl/α,β-unsaturated/α-hetero) is 1. The van der Waals surface area contributed by atoms with E-state index in [2.05, 4.69) is 10.6 Å². The molecule has 5 nitrogen and oxygen atoms in total. The minimum atomic E-state index is -0.497. The van der Waals surface area contributed by atoms with Gasteiger partial charge in [-0.05, 0) is 44.8 Å². The van der Waals surface area contributed by atoms with Crippen LogP contribution in [0, 0.1) is 11.8 Å². The van der Waals surface area contributed by atoms with Crippen LogP contribution < -0.4 is 10.6 Å². The van der Waals surface area contributed by atoms with Gasteiger partial charge in [-0.2, -0.15) is 0 Å². The predicted octanol–water partition coefficient (Wildman–Crippen LogP) is 2.04. The topological polar surface area (TPSA) is 67.4 Å². The van der Waals surface area contributed by atoms with Gasteiger partial charge in [0, 0.05) is 19.9 Å². The van der Waals surface area contributed by atoms with Crippen LogP contribution in [0.5, 0.6) is 0 Å². The van der Waals surface area contributed by atoms with Crippen molar-refractivity contribution in [3.05, 3.63) is 0 Å². The fourth-order valence-corrected chi connectivity index (χ4v) is 1.84. The SMILES string of the molecule is CNC(=S)NCC(=O)C[C@H](CC(=O)OC(C)(C)C)C(C)C. The molecule has 0 aliphatic carbocycles. The van der Waals surface area contributed by atoms with Crippen LogP contribution in [0.25, 0.3) is 0 Å². The first-order valence-electron chi connectivity index (χ1n) is 7.24. The lowest BCUT2D eigenvalue weighted by Gasteiger charge is -2.24. The Bertz CT molecular complexity index is 376. The van der Waals surface area contributed by atoms with E-state index in [0.29, 0.717) is 11.5 Å². The Morgan fingerprint density at radius 3 is 2.19 bits per heavy atom. The molecular formula is C15H28N2O3S. The lowest BCUT2D eigenvalue weighted by atomic mass is 9.88. The van der Waals surface area contributed by atoms with Gasteiger partial charge < -0.3 is 15.4 Å². The molecule has 0 aromatic carbocycles. The Morgan fingerprint density at radius 1 is 1.19 bits per heavy atom. The molecule has 0 fully saturated rings. The third-order valence-electron chi connectivity index (χ3n) is 2.95. The average molecular weight is 316 g/mol. The quantitative estimate of drug-likeness (QED) is 0.553. The Kier molecular flexibility index (Phi) is 8.47. The number of hydrogen-bond acceptors (Lipinski definition) is 4. The fraction of sp³-hybridized carbons (Fsp3) is 0.800. The molecule has 0 aliphatic heterocycles. The maximum atomic E-state index is 11.9. The second-order valence-corrected chi connectivity index (χ2v) is 6.88. The minimum Gasteiger partial charge on any atom is -0.460 e. The van der Waals surface area contributed by atoms with E-state index in [9.17, 15) is 9.59 Å². The zero-order valence-electron chi connectivity index (χ0n) is 13.9. The number of nitrogens with one attached hydrogen (secondary N) is 2. The zero-order chi connectivity index (χ0) is 16.6. The largest absolute Gasteiger partial charge is 0.460 e. The van der Waals surface area contributed by atoms with Gasteiger partial charge in [0.15, 0.2) is 10.9 Å². The molecular weight excluding hydrogens is 288 g/mol. The molecule has 21 heavy (non-hydrogen) atoms.